The molecular weight excluding hydrogens is 346 g/mol. The maximum atomic E-state index is 12.0. The number of halogens is 1. The second-order valence-corrected chi connectivity index (χ2v) is 5.65. The molecule has 0 saturated carbocycles. The van der Waals surface area contributed by atoms with Crippen molar-refractivity contribution in [2.24, 2.45) is 0 Å². The standard InChI is InChI=1S/C17H18ClN3O4/c1-25-16-7-2-13(18)10-12(16)11-17(22)20-9-8-19-14-3-5-15(6-4-14)21(23)24/h2-7,10,19H,8-9,11H2,1H3,(H,20,22). The molecule has 0 atom stereocenters. The van der Waals surface area contributed by atoms with E-state index < -0.39 is 4.92 Å². The van der Waals surface area contributed by atoms with E-state index in [1.165, 1.54) is 12.1 Å². The molecule has 7 nitrogen and oxygen atoms in total. The van der Waals surface area contributed by atoms with E-state index in [0.29, 0.717) is 23.9 Å². The SMILES string of the molecule is COc1ccc(Cl)cc1CC(=O)NCCNc1ccc([N+](=O)[O-])cc1. The van der Waals surface area contributed by atoms with Gasteiger partial charge in [-0.1, -0.05) is 11.6 Å². The number of nitro benzene ring substituents is 1. The Hall–Kier alpha value is -2.80. The first-order valence-electron chi connectivity index (χ1n) is 7.57. The second-order valence-electron chi connectivity index (χ2n) is 5.21. The molecule has 2 aromatic rings. The van der Waals surface area contributed by atoms with Crippen LogP contribution >= 0.6 is 11.6 Å². The van der Waals surface area contributed by atoms with Crippen LogP contribution in [0.3, 0.4) is 0 Å². The van der Waals surface area contributed by atoms with Crippen LogP contribution < -0.4 is 15.4 Å². The van der Waals surface area contributed by atoms with Crippen molar-refractivity contribution >= 4 is 28.9 Å². The van der Waals surface area contributed by atoms with Crippen LogP contribution in [0.25, 0.3) is 0 Å². The molecule has 0 heterocycles. The molecule has 1 amide bonds. The van der Waals surface area contributed by atoms with Crippen molar-refractivity contribution < 1.29 is 14.5 Å². The molecule has 2 N–H and O–H groups in total. The summed E-state index contributed by atoms with van der Waals surface area (Å²) in [6.07, 6.45) is 0.168. The molecular formula is C17H18ClN3O4. The highest BCUT2D eigenvalue weighted by Crippen LogP contribution is 2.23. The number of carbonyl (C=O) groups is 1. The highest BCUT2D eigenvalue weighted by atomic mass is 35.5. The molecule has 0 aliphatic heterocycles. The lowest BCUT2D eigenvalue weighted by molar-refractivity contribution is -0.384. The highest BCUT2D eigenvalue weighted by Gasteiger charge is 2.09. The quantitative estimate of drug-likeness (QED) is 0.427. The smallest absolute Gasteiger partial charge is 0.269 e. The molecule has 0 spiro atoms. The van der Waals surface area contributed by atoms with E-state index in [1.54, 1.807) is 37.4 Å². The lowest BCUT2D eigenvalue weighted by Crippen LogP contribution is -2.30. The van der Waals surface area contributed by atoms with Crippen LogP contribution in [0.15, 0.2) is 42.5 Å². The van der Waals surface area contributed by atoms with E-state index in [1.807, 2.05) is 0 Å². The number of benzene rings is 2. The fourth-order valence-electron chi connectivity index (χ4n) is 2.23. The molecule has 25 heavy (non-hydrogen) atoms. The summed E-state index contributed by atoms with van der Waals surface area (Å²) in [5.41, 5.74) is 1.50. The summed E-state index contributed by atoms with van der Waals surface area (Å²) in [7, 11) is 1.54. The topological polar surface area (TPSA) is 93.5 Å². The minimum absolute atomic E-state index is 0.0364. The summed E-state index contributed by atoms with van der Waals surface area (Å²) in [6.45, 7) is 0.912. The lowest BCUT2D eigenvalue weighted by Gasteiger charge is -2.10. The molecule has 0 aliphatic rings. The van der Waals surface area contributed by atoms with E-state index in [4.69, 9.17) is 16.3 Å². The van der Waals surface area contributed by atoms with Crippen molar-refractivity contribution in [1.29, 1.82) is 0 Å². The maximum absolute atomic E-state index is 12.0. The Kier molecular flexibility index (Phi) is 6.59. The number of carbonyl (C=O) groups excluding carboxylic acids is 1. The highest BCUT2D eigenvalue weighted by molar-refractivity contribution is 6.30. The third-order valence-electron chi connectivity index (χ3n) is 3.45. The molecule has 0 fully saturated rings. The number of anilines is 1. The van der Waals surface area contributed by atoms with Gasteiger partial charge in [0.1, 0.15) is 5.75 Å². The zero-order valence-corrected chi connectivity index (χ0v) is 14.4. The fourth-order valence-corrected chi connectivity index (χ4v) is 2.43. The largest absolute Gasteiger partial charge is 0.496 e. The third kappa shape index (κ3) is 5.65. The molecule has 2 rings (SSSR count). The van der Waals surface area contributed by atoms with Crippen LogP contribution in [-0.4, -0.2) is 31.0 Å². The molecule has 2 aromatic carbocycles. The Morgan fingerprint density at radius 2 is 1.92 bits per heavy atom. The van der Waals surface area contributed by atoms with Crippen molar-refractivity contribution in [3.8, 4) is 5.75 Å². The van der Waals surface area contributed by atoms with Gasteiger partial charge < -0.3 is 15.4 Å². The normalized spacial score (nSPS) is 10.2. The minimum atomic E-state index is -0.450. The number of amides is 1. The summed E-state index contributed by atoms with van der Waals surface area (Å²) in [6, 6.07) is 11.2. The van der Waals surface area contributed by atoms with Gasteiger partial charge in [-0.2, -0.15) is 0 Å². The van der Waals surface area contributed by atoms with E-state index in [-0.39, 0.29) is 18.0 Å². The predicted molar refractivity (Wildman–Crippen MR) is 96.3 cm³/mol. The van der Waals surface area contributed by atoms with E-state index >= 15 is 0 Å². The van der Waals surface area contributed by atoms with E-state index in [9.17, 15) is 14.9 Å². The van der Waals surface area contributed by atoms with Gasteiger partial charge in [0, 0.05) is 41.5 Å². The number of methoxy groups -OCH3 is 1. The summed E-state index contributed by atoms with van der Waals surface area (Å²) >= 11 is 5.94. The van der Waals surface area contributed by atoms with E-state index in [0.717, 1.165) is 11.3 Å². The zero-order chi connectivity index (χ0) is 18.2. The number of non-ortho nitro benzene ring substituents is 1. The van der Waals surface area contributed by atoms with Crippen molar-refractivity contribution in [1.82, 2.24) is 5.32 Å². The van der Waals surface area contributed by atoms with Crippen LogP contribution in [-0.2, 0) is 11.2 Å². The Morgan fingerprint density at radius 1 is 1.20 bits per heavy atom. The summed E-state index contributed by atoms with van der Waals surface area (Å²) in [5.74, 6) is 0.467. The van der Waals surface area contributed by atoms with Gasteiger partial charge in [-0.3, -0.25) is 14.9 Å². The van der Waals surface area contributed by atoms with Crippen LogP contribution in [0.2, 0.25) is 5.02 Å². The van der Waals surface area contributed by atoms with Crippen molar-refractivity contribution in [2.45, 2.75) is 6.42 Å². The van der Waals surface area contributed by atoms with E-state index in [2.05, 4.69) is 10.6 Å². The third-order valence-corrected chi connectivity index (χ3v) is 3.68. The van der Waals surface area contributed by atoms with Crippen LogP contribution in [0.5, 0.6) is 5.75 Å². The van der Waals surface area contributed by atoms with Gasteiger partial charge in [0.2, 0.25) is 5.91 Å². The van der Waals surface area contributed by atoms with Gasteiger partial charge in [0.05, 0.1) is 18.5 Å². The number of rotatable bonds is 8. The van der Waals surface area contributed by atoms with Crippen molar-refractivity contribution in [2.75, 3.05) is 25.5 Å². The van der Waals surface area contributed by atoms with Gasteiger partial charge in [-0.25, -0.2) is 0 Å². The first-order chi connectivity index (χ1) is 12.0. The molecule has 132 valence electrons. The lowest BCUT2D eigenvalue weighted by atomic mass is 10.1. The van der Waals surface area contributed by atoms with Crippen LogP contribution in [0.1, 0.15) is 5.56 Å². The monoisotopic (exact) mass is 363 g/mol. The van der Waals surface area contributed by atoms with Gasteiger partial charge in [0.15, 0.2) is 0 Å². The molecule has 0 aliphatic carbocycles. The van der Waals surface area contributed by atoms with Crippen molar-refractivity contribution in [3.63, 3.8) is 0 Å². The number of nitrogens with one attached hydrogen (secondary N) is 2. The maximum Gasteiger partial charge on any atom is 0.269 e. The molecule has 0 aromatic heterocycles. The summed E-state index contributed by atoms with van der Waals surface area (Å²) in [4.78, 5) is 22.1. The second kappa shape index (κ2) is 8.89. The Labute approximate surface area is 150 Å². The number of hydrogen-bond acceptors (Lipinski definition) is 5. The van der Waals surface area contributed by atoms with Crippen molar-refractivity contribution in [3.05, 3.63) is 63.2 Å². The molecule has 0 radical (unpaired) electrons. The van der Waals surface area contributed by atoms with Crippen LogP contribution in [0.4, 0.5) is 11.4 Å². The number of nitro groups is 1. The fraction of sp³-hybridized carbons (Fsp3) is 0.235. The average Bonchev–Trinajstić information content (AvgIpc) is 2.59. The predicted octanol–water partition coefficient (Wildman–Crippen LogP) is 3.03. The number of ether oxygens (including phenoxy) is 1. The zero-order valence-electron chi connectivity index (χ0n) is 13.6. The van der Waals surface area contributed by atoms with Gasteiger partial charge >= 0.3 is 0 Å². The van der Waals surface area contributed by atoms with Gasteiger partial charge in [-0.05, 0) is 30.3 Å². The van der Waals surface area contributed by atoms with Crippen LogP contribution in [0, 0.1) is 10.1 Å². The Bertz CT molecular complexity index is 750. The van der Waals surface area contributed by atoms with Gasteiger partial charge in [-0.15, -0.1) is 0 Å². The molecule has 0 bridgehead atoms. The number of nitrogens with zero attached hydrogens (tertiary/aromatic N) is 1. The average molecular weight is 364 g/mol. The summed E-state index contributed by atoms with van der Waals surface area (Å²) < 4.78 is 5.21. The number of hydrogen-bond donors (Lipinski definition) is 2. The minimum Gasteiger partial charge on any atom is -0.496 e. The first kappa shape index (κ1) is 18.5. The molecule has 0 unspecified atom stereocenters. The van der Waals surface area contributed by atoms with Gasteiger partial charge in [0.25, 0.3) is 5.69 Å². The molecule has 8 heteroatoms. The Balaban J connectivity index is 1.77. The molecule has 0 saturated heterocycles. The Morgan fingerprint density at radius 3 is 2.56 bits per heavy atom. The summed E-state index contributed by atoms with van der Waals surface area (Å²) in [5, 5.41) is 17.0. The first-order valence-corrected chi connectivity index (χ1v) is 7.95.